The molecule has 0 aromatic heterocycles. The molecule has 0 bridgehead atoms. The van der Waals surface area contributed by atoms with E-state index < -0.39 is 0 Å². The molecule has 1 N–H and O–H groups in total. The summed E-state index contributed by atoms with van der Waals surface area (Å²) in [6.45, 7) is 12.9. The number of nitrogens with zero attached hydrogens (tertiary/aromatic N) is 2. The summed E-state index contributed by atoms with van der Waals surface area (Å²) >= 11 is 3.51. The van der Waals surface area contributed by atoms with E-state index in [2.05, 4.69) is 95.1 Å². The number of hydrogen-bond donors (Lipinski definition) is 1. The summed E-state index contributed by atoms with van der Waals surface area (Å²) in [6, 6.07) is 17.6. The van der Waals surface area contributed by atoms with E-state index in [1.54, 1.807) is 0 Å². The fourth-order valence-corrected chi connectivity index (χ4v) is 5.13. The maximum absolute atomic E-state index is 13.2. The summed E-state index contributed by atoms with van der Waals surface area (Å²) in [4.78, 5) is 17.6. The lowest BCUT2D eigenvalue weighted by molar-refractivity contribution is -0.118. The number of anilines is 1. The van der Waals surface area contributed by atoms with Crippen LogP contribution in [0.25, 0.3) is 0 Å². The quantitative estimate of drug-likeness (QED) is 0.370. The smallest absolute Gasteiger partial charge is 0.268 e. The molecule has 0 spiro atoms. The molecular formula is C31H36BrN3O. The van der Waals surface area contributed by atoms with Gasteiger partial charge in [0.05, 0.1) is 0 Å². The van der Waals surface area contributed by atoms with Crippen LogP contribution in [0.5, 0.6) is 0 Å². The van der Waals surface area contributed by atoms with Crippen LogP contribution in [-0.2, 0) is 11.3 Å². The van der Waals surface area contributed by atoms with Crippen molar-refractivity contribution in [3.63, 3.8) is 0 Å². The third-order valence-electron chi connectivity index (χ3n) is 7.19. The number of carbonyl (C=O) groups excluding carboxylic acids is 1. The molecule has 0 radical (unpaired) electrons. The second kappa shape index (κ2) is 11.8. The molecule has 2 aliphatic heterocycles. The Morgan fingerprint density at radius 3 is 2.36 bits per heavy atom. The fourth-order valence-electron chi connectivity index (χ4n) is 4.79. The van der Waals surface area contributed by atoms with Crippen LogP contribution < -0.4 is 10.2 Å². The van der Waals surface area contributed by atoms with Crippen LogP contribution in [0, 0.1) is 6.92 Å². The molecule has 0 atom stereocenters. The maximum atomic E-state index is 13.2. The first-order valence-corrected chi connectivity index (χ1v) is 13.6. The van der Waals surface area contributed by atoms with Gasteiger partial charge in [0.15, 0.2) is 0 Å². The van der Waals surface area contributed by atoms with Crippen LogP contribution in [0.3, 0.4) is 0 Å². The molecule has 0 unspecified atom stereocenters. The van der Waals surface area contributed by atoms with E-state index in [-0.39, 0.29) is 5.91 Å². The SMILES string of the molecule is C=C1C=CC(Br)=CN1/C(C(=O)NCc1ccc(N2CCC(c3ccc(C)cc3)CC2)cc1)=C(\C)CC. The minimum absolute atomic E-state index is 0.0930. The normalized spacial score (nSPS) is 17.1. The van der Waals surface area contributed by atoms with Gasteiger partial charge in [-0.05, 0) is 95.9 Å². The molecule has 36 heavy (non-hydrogen) atoms. The van der Waals surface area contributed by atoms with Crippen LogP contribution in [0.15, 0.2) is 94.9 Å². The number of allylic oxidation sites excluding steroid dienone is 4. The monoisotopic (exact) mass is 545 g/mol. The highest BCUT2D eigenvalue weighted by atomic mass is 79.9. The van der Waals surface area contributed by atoms with Crippen molar-refractivity contribution < 1.29 is 4.79 Å². The lowest BCUT2D eigenvalue weighted by atomic mass is 9.89. The third kappa shape index (κ3) is 6.19. The molecule has 4 rings (SSSR count). The van der Waals surface area contributed by atoms with Crippen LogP contribution in [0.1, 0.15) is 55.7 Å². The summed E-state index contributed by atoms with van der Waals surface area (Å²) in [5.74, 6) is 0.553. The van der Waals surface area contributed by atoms with E-state index in [0.717, 1.165) is 40.8 Å². The predicted molar refractivity (Wildman–Crippen MR) is 154 cm³/mol. The molecule has 0 saturated carbocycles. The first-order valence-electron chi connectivity index (χ1n) is 12.8. The fraction of sp³-hybridized carbons (Fsp3) is 0.323. The Balaban J connectivity index is 1.34. The first-order chi connectivity index (χ1) is 17.4. The van der Waals surface area contributed by atoms with E-state index in [1.165, 1.54) is 29.7 Å². The highest BCUT2D eigenvalue weighted by Crippen LogP contribution is 2.31. The van der Waals surface area contributed by atoms with Gasteiger partial charge >= 0.3 is 0 Å². The van der Waals surface area contributed by atoms with E-state index in [4.69, 9.17) is 0 Å². The molecule has 1 fully saturated rings. The minimum Gasteiger partial charge on any atom is -0.371 e. The number of halogens is 1. The van der Waals surface area contributed by atoms with Crippen molar-refractivity contribution in [2.75, 3.05) is 18.0 Å². The standard InChI is InChI=1S/C31H36BrN3O/c1-5-23(3)30(35-21-28(32)13-8-24(35)4)31(36)33-20-25-9-14-29(15-10-25)34-18-16-27(17-19-34)26-11-6-22(2)7-12-26/h6-15,21,27H,4-5,16-20H2,1-3H3,(H,33,36)/b30-23+. The zero-order valence-electron chi connectivity index (χ0n) is 21.6. The van der Waals surface area contributed by atoms with E-state index in [1.807, 2.05) is 30.2 Å². The lowest BCUT2D eigenvalue weighted by Gasteiger charge is -2.34. The topological polar surface area (TPSA) is 35.6 Å². The predicted octanol–water partition coefficient (Wildman–Crippen LogP) is 7.30. The van der Waals surface area contributed by atoms with Gasteiger partial charge in [0, 0.05) is 41.7 Å². The van der Waals surface area contributed by atoms with E-state index in [0.29, 0.717) is 18.2 Å². The second-order valence-corrected chi connectivity index (χ2v) is 10.6. The van der Waals surface area contributed by atoms with Crippen molar-refractivity contribution in [3.05, 3.63) is 112 Å². The zero-order valence-corrected chi connectivity index (χ0v) is 23.1. The van der Waals surface area contributed by atoms with Crippen LogP contribution in [-0.4, -0.2) is 23.9 Å². The molecule has 0 aliphatic carbocycles. The average Bonchev–Trinajstić information content (AvgIpc) is 2.90. The first kappa shape index (κ1) is 26.0. The van der Waals surface area contributed by atoms with Crippen LogP contribution in [0.2, 0.25) is 0 Å². The number of amides is 1. The van der Waals surface area contributed by atoms with Gasteiger partial charge in [0.1, 0.15) is 5.70 Å². The molecule has 4 nitrogen and oxygen atoms in total. The average molecular weight is 547 g/mol. The van der Waals surface area contributed by atoms with Gasteiger partial charge in [0.2, 0.25) is 0 Å². The van der Waals surface area contributed by atoms with Gasteiger partial charge in [-0.1, -0.05) is 55.5 Å². The number of carbonyl (C=O) groups is 1. The second-order valence-electron chi connectivity index (χ2n) is 9.71. The van der Waals surface area contributed by atoms with Crippen LogP contribution >= 0.6 is 15.9 Å². The molecule has 188 valence electrons. The molecule has 1 amide bonds. The Morgan fingerprint density at radius 1 is 1.06 bits per heavy atom. The van der Waals surface area contributed by atoms with Crippen molar-refractivity contribution >= 4 is 27.5 Å². The third-order valence-corrected chi connectivity index (χ3v) is 7.65. The number of hydrogen-bond acceptors (Lipinski definition) is 3. The van der Waals surface area contributed by atoms with Gasteiger partial charge < -0.3 is 15.1 Å². The molecular weight excluding hydrogens is 510 g/mol. The molecule has 2 aliphatic rings. The Morgan fingerprint density at radius 2 is 1.72 bits per heavy atom. The minimum atomic E-state index is -0.0930. The highest BCUT2D eigenvalue weighted by molar-refractivity contribution is 9.11. The zero-order chi connectivity index (χ0) is 25.7. The molecule has 2 heterocycles. The number of aryl methyl sites for hydroxylation is 1. The van der Waals surface area contributed by atoms with Gasteiger partial charge in [-0.15, -0.1) is 0 Å². The van der Waals surface area contributed by atoms with Crippen molar-refractivity contribution in [1.82, 2.24) is 10.2 Å². The highest BCUT2D eigenvalue weighted by Gasteiger charge is 2.23. The van der Waals surface area contributed by atoms with Gasteiger partial charge in [0.25, 0.3) is 5.91 Å². The lowest BCUT2D eigenvalue weighted by Crippen LogP contribution is -2.33. The number of piperidine rings is 1. The molecule has 1 saturated heterocycles. The van der Waals surface area contributed by atoms with Crippen LogP contribution in [0.4, 0.5) is 5.69 Å². The summed E-state index contributed by atoms with van der Waals surface area (Å²) in [7, 11) is 0. The van der Waals surface area contributed by atoms with Crippen molar-refractivity contribution in [2.24, 2.45) is 0 Å². The summed E-state index contributed by atoms with van der Waals surface area (Å²) in [5, 5.41) is 3.11. The van der Waals surface area contributed by atoms with Gasteiger partial charge in [-0.2, -0.15) is 0 Å². The summed E-state index contributed by atoms with van der Waals surface area (Å²) < 4.78 is 0.905. The Kier molecular flexibility index (Phi) is 8.52. The van der Waals surface area contributed by atoms with Crippen molar-refractivity contribution in [2.45, 2.75) is 52.5 Å². The van der Waals surface area contributed by atoms with Gasteiger partial charge in [-0.3, -0.25) is 4.79 Å². The Labute approximate surface area is 224 Å². The maximum Gasteiger partial charge on any atom is 0.268 e. The molecule has 2 aromatic rings. The van der Waals surface area contributed by atoms with Crippen molar-refractivity contribution in [3.8, 4) is 0 Å². The van der Waals surface area contributed by atoms with Gasteiger partial charge in [-0.25, -0.2) is 0 Å². The Bertz CT molecular complexity index is 1180. The number of benzene rings is 2. The molecule has 5 heteroatoms. The summed E-state index contributed by atoms with van der Waals surface area (Å²) in [5.41, 5.74) is 7.54. The largest absolute Gasteiger partial charge is 0.371 e. The van der Waals surface area contributed by atoms with Crippen molar-refractivity contribution in [1.29, 1.82) is 0 Å². The van der Waals surface area contributed by atoms with E-state index >= 15 is 0 Å². The van der Waals surface area contributed by atoms with E-state index in [9.17, 15) is 4.79 Å². The number of rotatable bonds is 7. The Hall–Kier alpha value is -3.05. The number of nitrogens with one attached hydrogen (secondary N) is 1. The summed E-state index contributed by atoms with van der Waals surface area (Å²) in [6.07, 6.45) is 8.87. The molecule has 2 aromatic carbocycles.